The van der Waals surface area contributed by atoms with E-state index in [2.05, 4.69) is 0 Å². The number of nitrogens with zero attached hydrogens (tertiary/aromatic N) is 2. The number of hydrogen-bond donors (Lipinski definition) is 2. The Morgan fingerprint density at radius 3 is 2.03 bits per heavy atom. The van der Waals surface area contributed by atoms with E-state index in [1.807, 2.05) is 44.2 Å². The molecule has 1 unspecified atom stereocenters. The van der Waals surface area contributed by atoms with Crippen LogP contribution < -0.4 is 11.1 Å². The molecule has 6 nitrogen and oxygen atoms in total. The third kappa shape index (κ3) is 3.46. The summed E-state index contributed by atoms with van der Waals surface area (Å²) in [5.41, 5.74) is 1.97. The minimum Gasteiger partial charge on any atom is -0.507 e. The van der Waals surface area contributed by atoms with Crippen molar-refractivity contribution in [3.8, 4) is 11.5 Å². The maximum absolute atomic E-state index is 13.3. The number of pyridine rings is 2. The minimum absolute atomic E-state index is 0.126. The van der Waals surface area contributed by atoms with Gasteiger partial charge in [0.05, 0.1) is 5.56 Å². The van der Waals surface area contributed by atoms with Crippen LogP contribution in [0.2, 0.25) is 0 Å². The molecule has 0 amide bonds. The monoisotopic (exact) mass is 394 g/mol. The number of aromatic nitrogens is 2. The molecule has 0 bridgehead atoms. The van der Waals surface area contributed by atoms with Crippen molar-refractivity contribution < 1.29 is 10.2 Å². The Bertz CT molecular complexity index is 1160. The smallest absolute Gasteiger partial charge is 0.258 e. The van der Waals surface area contributed by atoms with Gasteiger partial charge in [-0.2, -0.15) is 0 Å². The lowest BCUT2D eigenvalue weighted by atomic mass is 9.83. The predicted octanol–water partition coefficient (Wildman–Crippen LogP) is 3.26. The third-order valence-electron chi connectivity index (χ3n) is 5.46. The van der Waals surface area contributed by atoms with Gasteiger partial charge in [0.15, 0.2) is 0 Å². The standard InChI is InChI=1S/C23H26N2O4/c1-5-24-14(3)12-17(26)22(23(24)29)21(16-10-8-7-9-11-16)20-15(4)25(6-2)19(28)13-18(20)27/h7-13,21,26-27H,5-6H2,1-4H3. The highest BCUT2D eigenvalue weighted by molar-refractivity contribution is 5.53. The molecule has 1 atom stereocenters. The molecule has 3 rings (SSSR count). The van der Waals surface area contributed by atoms with Gasteiger partial charge in [-0.1, -0.05) is 30.3 Å². The fourth-order valence-electron chi connectivity index (χ4n) is 4.07. The van der Waals surface area contributed by atoms with Crippen LogP contribution in [0.1, 0.15) is 47.8 Å². The molecule has 1 aromatic carbocycles. The number of aryl methyl sites for hydroxylation is 1. The van der Waals surface area contributed by atoms with Crippen LogP contribution in [0.15, 0.2) is 52.1 Å². The normalized spacial score (nSPS) is 12.1. The average molecular weight is 394 g/mol. The molecule has 0 saturated heterocycles. The summed E-state index contributed by atoms with van der Waals surface area (Å²) in [6.45, 7) is 8.12. The maximum Gasteiger partial charge on any atom is 0.258 e. The summed E-state index contributed by atoms with van der Waals surface area (Å²) in [4.78, 5) is 25.6. The molecule has 0 aliphatic heterocycles. The van der Waals surface area contributed by atoms with Crippen LogP contribution in [0.3, 0.4) is 0 Å². The second kappa shape index (κ2) is 7.99. The molecule has 3 aromatic rings. The summed E-state index contributed by atoms with van der Waals surface area (Å²) < 4.78 is 3.14. The fourth-order valence-corrected chi connectivity index (χ4v) is 4.07. The van der Waals surface area contributed by atoms with E-state index in [0.717, 1.165) is 5.56 Å². The van der Waals surface area contributed by atoms with E-state index in [9.17, 15) is 19.8 Å². The Morgan fingerprint density at radius 1 is 0.862 bits per heavy atom. The molecular formula is C23H26N2O4. The number of rotatable bonds is 5. The summed E-state index contributed by atoms with van der Waals surface area (Å²) in [5, 5.41) is 21.5. The van der Waals surface area contributed by atoms with Crippen molar-refractivity contribution in [3.05, 3.63) is 91.3 Å². The van der Waals surface area contributed by atoms with E-state index in [1.54, 1.807) is 29.0 Å². The highest BCUT2D eigenvalue weighted by Crippen LogP contribution is 2.40. The molecule has 152 valence electrons. The zero-order valence-corrected chi connectivity index (χ0v) is 17.1. The molecule has 2 N–H and O–H groups in total. The Hall–Kier alpha value is -3.28. The second-order valence-corrected chi connectivity index (χ2v) is 7.09. The molecule has 29 heavy (non-hydrogen) atoms. The molecule has 0 aliphatic carbocycles. The molecule has 0 radical (unpaired) electrons. The Morgan fingerprint density at radius 2 is 1.45 bits per heavy atom. The van der Waals surface area contributed by atoms with E-state index in [1.165, 1.54) is 6.07 Å². The van der Waals surface area contributed by atoms with Crippen molar-refractivity contribution in [2.45, 2.75) is 46.7 Å². The lowest BCUT2D eigenvalue weighted by Crippen LogP contribution is -2.29. The first-order chi connectivity index (χ1) is 13.8. The van der Waals surface area contributed by atoms with Crippen LogP contribution >= 0.6 is 0 Å². The zero-order valence-electron chi connectivity index (χ0n) is 17.1. The molecule has 2 aromatic heterocycles. The molecule has 0 fully saturated rings. The highest BCUT2D eigenvalue weighted by Gasteiger charge is 2.29. The van der Waals surface area contributed by atoms with E-state index in [0.29, 0.717) is 30.0 Å². The summed E-state index contributed by atoms with van der Waals surface area (Å²) in [5.74, 6) is -1.03. The van der Waals surface area contributed by atoms with E-state index < -0.39 is 5.92 Å². The van der Waals surface area contributed by atoms with Crippen molar-refractivity contribution in [3.63, 3.8) is 0 Å². The molecule has 2 heterocycles. The van der Waals surface area contributed by atoms with Crippen LogP contribution in [0, 0.1) is 13.8 Å². The van der Waals surface area contributed by atoms with Crippen LogP contribution in [-0.2, 0) is 13.1 Å². The summed E-state index contributed by atoms with van der Waals surface area (Å²) in [7, 11) is 0. The lowest BCUT2D eigenvalue weighted by Gasteiger charge is -2.25. The lowest BCUT2D eigenvalue weighted by molar-refractivity contribution is 0.449. The SMILES string of the molecule is CCn1c(C)c(C(c2ccccc2)c2c(O)cc(C)n(CC)c2=O)c(O)cc1=O. The van der Waals surface area contributed by atoms with Crippen LogP contribution in [0.4, 0.5) is 0 Å². The molecule has 0 aliphatic rings. The third-order valence-corrected chi connectivity index (χ3v) is 5.46. The van der Waals surface area contributed by atoms with Gasteiger partial charge >= 0.3 is 0 Å². The van der Waals surface area contributed by atoms with Crippen molar-refractivity contribution in [1.82, 2.24) is 9.13 Å². The largest absolute Gasteiger partial charge is 0.507 e. The molecule has 0 saturated carbocycles. The Kier molecular flexibility index (Phi) is 5.64. The van der Waals surface area contributed by atoms with E-state index >= 15 is 0 Å². The molecule has 0 spiro atoms. The molecular weight excluding hydrogens is 368 g/mol. The Balaban J connectivity index is 2.46. The number of aromatic hydroxyl groups is 2. The van der Waals surface area contributed by atoms with Gasteiger partial charge in [-0.25, -0.2) is 0 Å². The van der Waals surface area contributed by atoms with Crippen molar-refractivity contribution in [2.75, 3.05) is 0 Å². The first kappa shape index (κ1) is 20.5. The summed E-state index contributed by atoms with van der Waals surface area (Å²) in [6, 6.07) is 12.0. The van der Waals surface area contributed by atoms with Crippen molar-refractivity contribution in [1.29, 1.82) is 0 Å². The molecule has 6 heteroatoms. The average Bonchev–Trinajstić information content (AvgIpc) is 2.67. The topological polar surface area (TPSA) is 84.5 Å². The predicted molar refractivity (Wildman–Crippen MR) is 113 cm³/mol. The van der Waals surface area contributed by atoms with Gasteiger partial charge in [0.1, 0.15) is 11.5 Å². The number of hydrogen-bond acceptors (Lipinski definition) is 4. The second-order valence-electron chi connectivity index (χ2n) is 7.09. The van der Waals surface area contributed by atoms with Gasteiger partial charge in [0.25, 0.3) is 11.1 Å². The van der Waals surface area contributed by atoms with E-state index in [4.69, 9.17) is 0 Å². The van der Waals surface area contributed by atoms with Gasteiger partial charge < -0.3 is 19.3 Å². The first-order valence-electron chi connectivity index (χ1n) is 9.73. The zero-order chi connectivity index (χ0) is 21.3. The summed E-state index contributed by atoms with van der Waals surface area (Å²) in [6.07, 6.45) is 0. The van der Waals surface area contributed by atoms with Gasteiger partial charge in [-0.15, -0.1) is 0 Å². The van der Waals surface area contributed by atoms with Crippen LogP contribution in [-0.4, -0.2) is 19.3 Å². The fraction of sp³-hybridized carbons (Fsp3) is 0.304. The quantitative estimate of drug-likeness (QED) is 0.696. The van der Waals surface area contributed by atoms with Gasteiger partial charge in [0, 0.05) is 42.0 Å². The first-order valence-corrected chi connectivity index (χ1v) is 9.73. The van der Waals surface area contributed by atoms with E-state index in [-0.39, 0.29) is 28.2 Å². The minimum atomic E-state index is -0.722. The van der Waals surface area contributed by atoms with Crippen molar-refractivity contribution >= 4 is 0 Å². The highest BCUT2D eigenvalue weighted by atomic mass is 16.3. The van der Waals surface area contributed by atoms with Gasteiger partial charge in [-0.3, -0.25) is 9.59 Å². The summed E-state index contributed by atoms with van der Waals surface area (Å²) >= 11 is 0. The van der Waals surface area contributed by atoms with Gasteiger partial charge in [-0.05, 0) is 39.3 Å². The maximum atomic E-state index is 13.3. The Labute approximate surface area is 169 Å². The number of benzene rings is 1. The van der Waals surface area contributed by atoms with Crippen molar-refractivity contribution in [2.24, 2.45) is 0 Å². The van der Waals surface area contributed by atoms with Crippen LogP contribution in [0.25, 0.3) is 0 Å². The van der Waals surface area contributed by atoms with Crippen LogP contribution in [0.5, 0.6) is 11.5 Å². The van der Waals surface area contributed by atoms with Gasteiger partial charge in [0.2, 0.25) is 0 Å².